The monoisotopic (exact) mass is 530 g/mol. The number of hydrogen-bond donors (Lipinski definition) is 0. The third kappa shape index (κ3) is 5.30. The molecule has 2 atom stereocenters. The molecule has 0 fully saturated rings. The second-order valence-corrected chi connectivity index (χ2v) is 8.49. The first-order chi connectivity index (χ1) is 16.2. The van der Waals surface area contributed by atoms with Crippen LogP contribution in [0.2, 0.25) is 0 Å². The lowest BCUT2D eigenvalue weighted by molar-refractivity contribution is -0.386. The number of benzene rings is 2. The number of nitro benzene ring substituents is 1. The van der Waals surface area contributed by atoms with Crippen LogP contribution in [0.15, 0.2) is 50.8 Å². The number of nitrogens with zero attached hydrogens (tertiary/aromatic N) is 4. The van der Waals surface area contributed by atoms with Crippen molar-refractivity contribution in [2.75, 3.05) is 7.11 Å². The fraction of sp³-hybridized carbons (Fsp3) is 0.304. The van der Waals surface area contributed by atoms with Crippen molar-refractivity contribution in [1.82, 2.24) is 9.66 Å². The second-order valence-electron chi connectivity index (χ2n) is 7.57. The number of aromatic nitrogens is 2. The average molecular weight is 531 g/mol. The van der Waals surface area contributed by atoms with E-state index < -0.39 is 17.0 Å². The molecule has 2 aromatic carbocycles. The Morgan fingerprint density at radius 1 is 1.29 bits per heavy atom. The molecule has 178 valence electrons. The van der Waals surface area contributed by atoms with Gasteiger partial charge in [-0.2, -0.15) is 9.78 Å². The van der Waals surface area contributed by atoms with Gasteiger partial charge >= 0.3 is 11.7 Å². The Hall–Kier alpha value is -3.60. The molecule has 0 saturated heterocycles. The van der Waals surface area contributed by atoms with E-state index in [2.05, 4.69) is 30.8 Å². The highest BCUT2D eigenvalue weighted by Crippen LogP contribution is 2.29. The standard InChI is InChI=1S/C23H23BrN4O6/c1-5-13(2)21-26-18-8-7-16(24)11-17(18)22(29)27(21)25-12-15-6-9-20(19(10-15)28(31)32)34-14(3)23(30)33-4/h6-14H,5H2,1-4H3/t13-,14+/m0/s1. The lowest BCUT2D eigenvalue weighted by Gasteiger charge is -2.14. The third-order valence-electron chi connectivity index (χ3n) is 5.23. The van der Waals surface area contributed by atoms with E-state index in [1.807, 2.05) is 19.9 Å². The first-order valence-corrected chi connectivity index (χ1v) is 11.2. The molecule has 0 bridgehead atoms. The highest BCUT2D eigenvalue weighted by Gasteiger charge is 2.22. The first-order valence-electron chi connectivity index (χ1n) is 10.5. The number of nitro groups is 1. The molecule has 3 aromatic rings. The van der Waals surface area contributed by atoms with Crippen LogP contribution in [0.25, 0.3) is 10.9 Å². The van der Waals surface area contributed by atoms with Crippen LogP contribution in [-0.4, -0.2) is 40.0 Å². The number of halogens is 1. The Bertz CT molecular complexity index is 1340. The summed E-state index contributed by atoms with van der Waals surface area (Å²) >= 11 is 3.37. The van der Waals surface area contributed by atoms with E-state index in [4.69, 9.17) is 4.74 Å². The van der Waals surface area contributed by atoms with Crippen LogP contribution in [0, 0.1) is 10.1 Å². The van der Waals surface area contributed by atoms with Crippen molar-refractivity contribution in [2.24, 2.45) is 5.10 Å². The average Bonchev–Trinajstić information content (AvgIpc) is 2.83. The SMILES string of the molecule is CC[C@H](C)c1nc2ccc(Br)cc2c(=O)n1N=Cc1ccc(O[C@H](C)C(=O)OC)c([N+](=O)[O-])c1. The Balaban J connectivity index is 2.06. The maximum absolute atomic E-state index is 13.2. The minimum atomic E-state index is -1.03. The molecule has 34 heavy (non-hydrogen) atoms. The zero-order valence-corrected chi connectivity index (χ0v) is 20.6. The highest BCUT2D eigenvalue weighted by molar-refractivity contribution is 9.10. The molecule has 1 aromatic heterocycles. The summed E-state index contributed by atoms with van der Waals surface area (Å²) in [6.45, 7) is 5.35. The molecule has 0 N–H and O–H groups in total. The molecule has 0 saturated carbocycles. The van der Waals surface area contributed by atoms with Gasteiger partial charge in [0.1, 0.15) is 5.82 Å². The third-order valence-corrected chi connectivity index (χ3v) is 5.72. The maximum atomic E-state index is 13.2. The molecule has 0 radical (unpaired) electrons. The molecule has 0 amide bonds. The topological polar surface area (TPSA) is 126 Å². The summed E-state index contributed by atoms with van der Waals surface area (Å²) in [5.41, 5.74) is 0.224. The highest BCUT2D eigenvalue weighted by atomic mass is 79.9. The van der Waals surface area contributed by atoms with Gasteiger partial charge in [0, 0.05) is 22.0 Å². The lowest BCUT2D eigenvalue weighted by atomic mass is 10.1. The van der Waals surface area contributed by atoms with Crippen molar-refractivity contribution >= 4 is 44.7 Å². The molecule has 10 nitrogen and oxygen atoms in total. The van der Waals surface area contributed by atoms with E-state index in [1.54, 1.807) is 12.1 Å². The summed E-state index contributed by atoms with van der Waals surface area (Å²) in [5, 5.41) is 16.3. The zero-order valence-electron chi connectivity index (χ0n) is 19.0. The fourth-order valence-corrected chi connectivity index (χ4v) is 3.53. The number of esters is 1. The molecule has 3 rings (SSSR count). The van der Waals surface area contributed by atoms with Crippen LogP contribution in [0.1, 0.15) is 44.5 Å². The Morgan fingerprint density at radius 3 is 2.68 bits per heavy atom. The normalized spacial score (nSPS) is 13.1. The minimum Gasteiger partial charge on any atom is -0.472 e. The van der Waals surface area contributed by atoms with Gasteiger partial charge in [-0.3, -0.25) is 14.9 Å². The summed E-state index contributed by atoms with van der Waals surface area (Å²) in [7, 11) is 1.20. The Labute approximate surface area is 203 Å². The van der Waals surface area contributed by atoms with Crippen LogP contribution >= 0.6 is 15.9 Å². The molecular weight excluding hydrogens is 508 g/mol. The van der Waals surface area contributed by atoms with Crippen LogP contribution < -0.4 is 10.3 Å². The van der Waals surface area contributed by atoms with E-state index in [1.165, 1.54) is 43.1 Å². The molecule has 0 aliphatic heterocycles. The molecule has 0 aliphatic carbocycles. The minimum absolute atomic E-state index is 0.0529. The summed E-state index contributed by atoms with van der Waals surface area (Å²) in [6.07, 6.45) is 1.06. The molecule has 1 heterocycles. The van der Waals surface area contributed by atoms with Gasteiger partial charge in [-0.15, -0.1) is 0 Å². The smallest absolute Gasteiger partial charge is 0.346 e. The van der Waals surface area contributed by atoms with Crippen molar-refractivity contribution < 1.29 is 19.2 Å². The largest absolute Gasteiger partial charge is 0.472 e. The molecule has 0 aliphatic rings. The van der Waals surface area contributed by atoms with Crippen LogP contribution in [0.3, 0.4) is 0 Å². The Kier molecular flexibility index (Phi) is 7.77. The van der Waals surface area contributed by atoms with Crippen LogP contribution in [0.4, 0.5) is 5.69 Å². The van der Waals surface area contributed by atoms with Gasteiger partial charge in [-0.25, -0.2) is 9.78 Å². The van der Waals surface area contributed by atoms with Crippen molar-refractivity contribution in [2.45, 2.75) is 39.2 Å². The predicted octanol–water partition coefficient (Wildman–Crippen LogP) is 4.40. The van der Waals surface area contributed by atoms with Crippen molar-refractivity contribution in [3.05, 3.63) is 72.7 Å². The van der Waals surface area contributed by atoms with Crippen molar-refractivity contribution in [1.29, 1.82) is 0 Å². The lowest BCUT2D eigenvalue weighted by Crippen LogP contribution is -2.25. The van der Waals surface area contributed by atoms with Gasteiger partial charge in [-0.05, 0) is 43.7 Å². The summed E-state index contributed by atoms with van der Waals surface area (Å²) < 4.78 is 11.9. The van der Waals surface area contributed by atoms with Gasteiger partial charge in [0.25, 0.3) is 5.56 Å². The van der Waals surface area contributed by atoms with Gasteiger partial charge in [0.2, 0.25) is 0 Å². The predicted molar refractivity (Wildman–Crippen MR) is 131 cm³/mol. The quantitative estimate of drug-likeness (QED) is 0.183. The summed E-state index contributed by atoms with van der Waals surface area (Å²) in [6, 6.07) is 9.41. The number of rotatable bonds is 8. The number of methoxy groups -OCH3 is 1. The van der Waals surface area contributed by atoms with Crippen molar-refractivity contribution in [3.63, 3.8) is 0 Å². The van der Waals surface area contributed by atoms with Gasteiger partial charge in [0.05, 0.1) is 29.2 Å². The van der Waals surface area contributed by atoms with Gasteiger partial charge < -0.3 is 9.47 Å². The summed E-state index contributed by atoms with van der Waals surface area (Å²) in [5.74, 6) is -0.315. The number of ether oxygens (including phenoxy) is 2. The van der Waals surface area contributed by atoms with E-state index in [-0.39, 0.29) is 22.9 Å². The molecule has 0 unspecified atom stereocenters. The maximum Gasteiger partial charge on any atom is 0.346 e. The first kappa shape index (κ1) is 25.0. The van der Waals surface area contributed by atoms with Gasteiger partial charge in [0.15, 0.2) is 11.9 Å². The number of fused-ring (bicyclic) bond motifs is 1. The fourth-order valence-electron chi connectivity index (χ4n) is 3.17. The number of hydrogen-bond acceptors (Lipinski definition) is 8. The molecule has 11 heteroatoms. The number of carbonyl (C=O) groups is 1. The van der Waals surface area contributed by atoms with E-state index in [0.717, 1.165) is 10.9 Å². The summed E-state index contributed by atoms with van der Waals surface area (Å²) in [4.78, 5) is 40.4. The van der Waals surface area contributed by atoms with Gasteiger partial charge in [-0.1, -0.05) is 29.8 Å². The van der Waals surface area contributed by atoms with Crippen LogP contribution in [0.5, 0.6) is 5.75 Å². The van der Waals surface area contributed by atoms with E-state index >= 15 is 0 Å². The number of carbonyl (C=O) groups excluding carboxylic acids is 1. The van der Waals surface area contributed by atoms with Crippen molar-refractivity contribution in [3.8, 4) is 5.75 Å². The van der Waals surface area contributed by atoms with E-state index in [9.17, 15) is 19.7 Å². The molecular formula is C23H23BrN4O6. The van der Waals surface area contributed by atoms with Crippen LogP contribution in [-0.2, 0) is 9.53 Å². The Morgan fingerprint density at radius 2 is 2.03 bits per heavy atom. The molecule has 0 spiro atoms. The zero-order chi connectivity index (χ0) is 25.0. The van der Waals surface area contributed by atoms with E-state index in [0.29, 0.717) is 22.3 Å². The second kappa shape index (κ2) is 10.6.